The van der Waals surface area contributed by atoms with Gasteiger partial charge in [0.15, 0.2) is 0 Å². The molecule has 23 heavy (non-hydrogen) atoms. The number of nitro groups is 1. The van der Waals surface area contributed by atoms with Gasteiger partial charge in [0.2, 0.25) is 0 Å². The molecule has 0 amide bonds. The zero-order valence-corrected chi connectivity index (χ0v) is 12.2. The monoisotopic (exact) mass is 308 g/mol. The number of non-ortho nitro benzene ring substituents is 1. The first-order chi connectivity index (χ1) is 11.1. The lowest BCUT2D eigenvalue weighted by molar-refractivity contribution is -0.384. The van der Waals surface area contributed by atoms with Crippen LogP contribution in [0.3, 0.4) is 0 Å². The fraction of sp³-hybridized carbons (Fsp3) is 0.0588. The third kappa shape index (κ3) is 2.87. The number of hydrogen-bond acceptors (Lipinski definition) is 5. The summed E-state index contributed by atoms with van der Waals surface area (Å²) in [4.78, 5) is 27.0. The maximum absolute atomic E-state index is 12.4. The molecule has 3 aromatic rings. The van der Waals surface area contributed by atoms with Gasteiger partial charge < -0.3 is 4.74 Å². The molecule has 0 saturated carbocycles. The summed E-state index contributed by atoms with van der Waals surface area (Å²) in [7, 11) is 0. The maximum Gasteiger partial charge on any atom is 0.344 e. The first-order valence-electron chi connectivity index (χ1n) is 6.87. The van der Waals surface area contributed by atoms with Crippen molar-refractivity contribution in [3.05, 3.63) is 76.0 Å². The number of pyridine rings is 1. The summed E-state index contributed by atoms with van der Waals surface area (Å²) in [6, 6.07) is 12.9. The van der Waals surface area contributed by atoms with Crippen molar-refractivity contribution in [2.45, 2.75) is 6.92 Å². The third-order valence-corrected chi connectivity index (χ3v) is 3.45. The Morgan fingerprint density at radius 3 is 2.74 bits per heavy atom. The second-order valence-corrected chi connectivity index (χ2v) is 4.97. The van der Waals surface area contributed by atoms with Crippen molar-refractivity contribution in [3.8, 4) is 5.75 Å². The fourth-order valence-electron chi connectivity index (χ4n) is 2.24. The van der Waals surface area contributed by atoms with E-state index in [0.717, 1.165) is 0 Å². The molecule has 0 aliphatic rings. The van der Waals surface area contributed by atoms with Crippen molar-refractivity contribution in [3.63, 3.8) is 0 Å². The van der Waals surface area contributed by atoms with Crippen LogP contribution in [0.4, 0.5) is 5.69 Å². The number of carbonyl (C=O) groups excluding carboxylic acids is 1. The largest absolute Gasteiger partial charge is 0.422 e. The number of benzene rings is 2. The quantitative estimate of drug-likeness (QED) is 0.319. The Hall–Kier alpha value is -3.28. The van der Waals surface area contributed by atoms with Crippen molar-refractivity contribution < 1.29 is 14.5 Å². The average Bonchev–Trinajstić information content (AvgIpc) is 2.56. The molecule has 3 rings (SSSR count). The van der Waals surface area contributed by atoms with E-state index in [0.29, 0.717) is 22.0 Å². The molecule has 0 unspecified atom stereocenters. The SMILES string of the molecule is Cc1ccc([N+](=O)[O-])cc1OC(=O)c1ccnc2ccccc12. The van der Waals surface area contributed by atoms with Gasteiger partial charge in [-0.3, -0.25) is 15.1 Å². The van der Waals surface area contributed by atoms with Gasteiger partial charge in [-0.2, -0.15) is 0 Å². The fourth-order valence-corrected chi connectivity index (χ4v) is 2.24. The molecule has 0 bridgehead atoms. The predicted octanol–water partition coefficient (Wildman–Crippen LogP) is 3.67. The number of para-hydroxylation sites is 1. The lowest BCUT2D eigenvalue weighted by atomic mass is 10.1. The molecule has 6 heteroatoms. The van der Waals surface area contributed by atoms with Gasteiger partial charge in [-0.05, 0) is 30.7 Å². The molecule has 114 valence electrons. The van der Waals surface area contributed by atoms with Gasteiger partial charge in [0.05, 0.1) is 22.1 Å². The Kier molecular flexibility index (Phi) is 3.72. The van der Waals surface area contributed by atoms with Gasteiger partial charge in [0, 0.05) is 17.6 Å². The van der Waals surface area contributed by atoms with Crippen LogP contribution < -0.4 is 4.74 Å². The number of fused-ring (bicyclic) bond motifs is 1. The van der Waals surface area contributed by atoms with E-state index >= 15 is 0 Å². The number of nitro benzene ring substituents is 1. The molecule has 0 fully saturated rings. The van der Waals surface area contributed by atoms with Crippen LogP contribution in [0.1, 0.15) is 15.9 Å². The smallest absolute Gasteiger partial charge is 0.344 e. The van der Waals surface area contributed by atoms with Gasteiger partial charge >= 0.3 is 5.97 Å². The molecule has 0 aliphatic heterocycles. The normalized spacial score (nSPS) is 10.5. The molecule has 0 aliphatic carbocycles. The summed E-state index contributed by atoms with van der Waals surface area (Å²) in [5.74, 6) is -0.405. The number of ether oxygens (including phenoxy) is 1. The zero-order valence-electron chi connectivity index (χ0n) is 12.2. The van der Waals surface area contributed by atoms with Crippen molar-refractivity contribution in [1.29, 1.82) is 0 Å². The number of rotatable bonds is 3. The molecule has 0 radical (unpaired) electrons. The second-order valence-electron chi connectivity index (χ2n) is 4.97. The summed E-state index contributed by atoms with van der Waals surface area (Å²) in [6.07, 6.45) is 1.53. The topological polar surface area (TPSA) is 82.3 Å². The Morgan fingerprint density at radius 1 is 1.17 bits per heavy atom. The predicted molar refractivity (Wildman–Crippen MR) is 84.5 cm³/mol. The summed E-state index contributed by atoms with van der Waals surface area (Å²) in [5, 5.41) is 11.5. The highest BCUT2D eigenvalue weighted by Crippen LogP contribution is 2.26. The van der Waals surface area contributed by atoms with Gasteiger partial charge in [-0.25, -0.2) is 4.79 Å². The number of nitrogens with zero attached hydrogens (tertiary/aromatic N) is 2. The van der Waals surface area contributed by atoms with E-state index in [9.17, 15) is 14.9 Å². The first kappa shape index (κ1) is 14.6. The van der Waals surface area contributed by atoms with E-state index in [4.69, 9.17) is 4.74 Å². The lowest BCUT2D eigenvalue weighted by Crippen LogP contribution is -2.10. The molecule has 0 atom stereocenters. The highest BCUT2D eigenvalue weighted by molar-refractivity contribution is 6.04. The van der Waals surface area contributed by atoms with Crippen LogP contribution in [-0.2, 0) is 0 Å². The molecule has 6 nitrogen and oxygen atoms in total. The number of aryl methyl sites for hydroxylation is 1. The van der Waals surface area contributed by atoms with Crippen LogP contribution in [0, 0.1) is 17.0 Å². The molecule has 1 aromatic heterocycles. The van der Waals surface area contributed by atoms with E-state index in [1.54, 1.807) is 37.3 Å². The molecule has 1 heterocycles. The van der Waals surface area contributed by atoms with E-state index < -0.39 is 10.9 Å². The first-order valence-corrected chi connectivity index (χ1v) is 6.87. The van der Waals surface area contributed by atoms with Crippen LogP contribution in [0.5, 0.6) is 5.75 Å². The van der Waals surface area contributed by atoms with E-state index in [2.05, 4.69) is 4.98 Å². The van der Waals surface area contributed by atoms with Gasteiger partial charge in [-0.15, -0.1) is 0 Å². The summed E-state index contributed by atoms with van der Waals surface area (Å²) >= 11 is 0. The van der Waals surface area contributed by atoms with Crippen LogP contribution in [-0.4, -0.2) is 15.9 Å². The molecule has 0 saturated heterocycles. The van der Waals surface area contributed by atoms with Gasteiger partial charge in [0.25, 0.3) is 5.69 Å². The Bertz CT molecular complexity index is 916. The van der Waals surface area contributed by atoms with Gasteiger partial charge in [-0.1, -0.05) is 18.2 Å². The van der Waals surface area contributed by atoms with E-state index in [-0.39, 0.29) is 11.4 Å². The third-order valence-electron chi connectivity index (χ3n) is 3.45. The van der Waals surface area contributed by atoms with Crippen LogP contribution >= 0.6 is 0 Å². The molecule has 2 aromatic carbocycles. The maximum atomic E-state index is 12.4. The standard InChI is InChI=1S/C17H12N2O4/c1-11-6-7-12(19(21)22)10-16(11)23-17(20)14-8-9-18-15-5-3-2-4-13(14)15/h2-10H,1H3. The molecule has 0 spiro atoms. The number of esters is 1. The van der Waals surface area contributed by atoms with Gasteiger partial charge in [0.1, 0.15) is 5.75 Å². The van der Waals surface area contributed by atoms with Crippen molar-refractivity contribution in [1.82, 2.24) is 4.98 Å². The summed E-state index contributed by atoms with van der Waals surface area (Å²) < 4.78 is 5.36. The molecular formula is C17H12N2O4. The Balaban J connectivity index is 1.98. The van der Waals surface area contributed by atoms with Crippen LogP contribution in [0.15, 0.2) is 54.7 Å². The second kappa shape index (κ2) is 5.84. The minimum absolute atomic E-state index is 0.127. The zero-order chi connectivity index (χ0) is 16.4. The van der Waals surface area contributed by atoms with E-state index in [1.807, 2.05) is 6.07 Å². The molecular weight excluding hydrogens is 296 g/mol. The van der Waals surface area contributed by atoms with Crippen molar-refractivity contribution >= 4 is 22.6 Å². The van der Waals surface area contributed by atoms with Crippen LogP contribution in [0.25, 0.3) is 10.9 Å². The summed E-state index contributed by atoms with van der Waals surface area (Å²) in [6.45, 7) is 1.72. The average molecular weight is 308 g/mol. The Morgan fingerprint density at radius 2 is 1.96 bits per heavy atom. The van der Waals surface area contributed by atoms with Crippen molar-refractivity contribution in [2.75, 3.05) is 0 Å². The summed E-state index contributed by atoms with van der Waals surface area (Å²) in [5.41, 5.74) is 1.56. The highest BCUT2D eigenvalue weighted by atomic mass is 16.6. The number of hydrogen-bond donors (Lipinski definition) is 0. The lowest BCUT2D eigenvalue weighted by Gasteiger charge is -2.08. The highest BCUT2D eigenvalue weighted by Gasteiger charge is 2.16. The minimum Gasteiger partial charge on any atom is -0.422 e. The van der Waals surface area contributed by atoms with Crippen molar-refractivity contribution in [2.24, 2.45) is 0 Å². The Labute approximate surface area is 131 Å². The number of carbonyl (C=O) groups is 1. The number of aromatic nitrogens is 1. The minimum atomic E-state index is -0.577. The van der Waals surface area contributed by atoms with Crippen LogP contribution in [0.2, 0.25) is 0 Å². The van der Waals surface area contributed by atoms with E-state index in [1.165, 1.54) is 18.3 Å². The molecule has 0 N–H and O–H groups in total.